The second-order valence-corrected chi connectivity index (χ2v) is 6.13. The van der Waals surface area contributed by atoms with E-state index >= 15 is 0 Å². The first-order valence-corrected chi connectivity index (χ1v) is 8.08. The Bertz CT molecular complexity index is 709. The summed E-state index contributed by atoms with van der Waals surface area (Å²) in [6.07, 6.45) is 2.64. The molecule has 5 heteroatoms. The molecule has 0 aliphatic rings. The molecule has 0 spiro atoms. The van der Waals surface area contributed by atoms with Gasteiger partial charge in [-0.05, 0) is 42.2 Å². The highest BCUT2D eigenvalue weighted by Crippen LogP contribution is 2.21. The molecule has 126 valence electrons. The minimum absolute atomic E-state index is 0.0691. The van der Waals surface area contributed by atoms with E-state index in [4.69, 9.17) is 0 Å². The summed E-state index contributed by atoms with van der Waals surface area (Å²) in [6.45, 7) is 6.37. The summed E-state index contributed by atoms with van der Waals surface area (Å²) < 4.78 is 0. The van der Waals surface area contributed by atoms with Gasteiger partial charge in [0.2, 0.25) is 5.91 Å². The molecule has 0 bridgehead atoms. The zero-order valence-electron chi connectivity index (χ0n) is 14.3. The monoisotopic (exact) mass is 325 g/mol. The van der Waals surface area contributed by atoms with Crippen molar-refractivity contribution in [2.75, 3.05) is 11.9 Å². The first-order valence-electron chi connectivity index (χ1n) is 8.08. The molecule has 2 N–H and O–H groups in total. The summed E-state index contributed by atoms with van der Waals surface area (Å²) in [5.41, 5.74) is 2.43. The smallest absolute Gasteiger partial charge is 0.251 e. The molecule has 2 aromatic rings. The van der Waals surface area contributed by atoms with E-state index in [-0.39, 0.29) is 11.8 Å². The second-order valence-electron chi connectivity index (χ2n) is 6.13. The fourth-order valence-electron chi connectivity index (χ4n) is 2.24. The van der Waals surface area contributed by atoms with Crippen molar-refractivity contribution in [1.29, 1.82) is 0 Å². The zero-order valence-corrected chi connectivity index (χ0v) is 14.3. The van der Waals surface area contributed by atoms with Crippen LogP contribution in [0.4, 0.5) is 5.82 Å². The number of benzene rings is 1. The molecule has 0 saturated heterocycles. The number of nitrogens with zero attached hydrogens (tertiary/aromatic N) is 1. The average molecular weight is 325 g/mol. The number of nitrogens with one attached hydrogen (secondary N) is 2. The van der Waals surface area contributed by atoms with Crippen LogP contribution >= 0.6 is 0 Å². The molecule has 0 saturated carbocycles. The maximum Gasteiger partial charge on any atom is 0.251 e. The molecule has 1 aromatic heterocycles. The van der Waals surface area contributed by atoms with Gasteiger partial charge in [-0.1, -0.05) is 26.0 Å². The van der Waals surface area contributed by atoms with Crippen LogP contribution in [-0.4, -0.2) is 23.3 Å². The van der Waals surface area contributed by atoms with E-state index in [0.29, 0.717) is 23.8 Å². The number of carbonyl (C=O) groups excluding carboxylic acids is 2. The lowest BCUT2D eigenvalue weighted by molar-refractivity contribution is -0.114. The van der Waals surface area contributed by atoms with Gasteiger partial charge in [0.05, 0.1) is 0 Å². The molecule has 0 fully saturated rings. The molecule has 0 atom stereocenters. The fraction of sp³-hybridized carbons (Fsp3) is 0.316. The molecule has 2 rings (SSSR count). The molecule has 1 aromatic carbocycles. The molecule has 2 amide bonds. The third-order valence-electron chi connectivity index (χ3n) is 3.53. The van der Waals surface area contributed by atoms with Crippen molar-refractivity contribution in [2.45, 2.75) is 27.2 Å². The van der Waals surface area contributed by atoms with E-state index in [1.54, 1.807) is 18.3 Å². The topological polar surface area (TPSA) is 71.1 Å². The highest BCUT2D eigenvalue weighted by Gasteiger charge is 2.08. The SMILES string of the molecule is CC(=O)Nc1ccc(-c2cccc(C(=O)NCCC(C)C)c2)cn1. The lowest BCUT2D eigenvalue weighted by Crippen LogP contribution is -2.25. The van der Waals surface area contributed by atoms with Crippen LogP contribution < -0.4 is 10.6 Å². The number of pyridine rings is 1. The van der Waals surface area contributed by atoms with Crippen molar-refractivity contribution in [1.82, 2.24) is 10.3 Å². The molecule has 0 aliphatic heterocycles. The molecular formula is C19H23N3O2. The molecule has 0 radical (unpaired) electrons. The second kappa shape index (κ2) is 8.24. The maximum atomic E-state index is 12.2. The van der Waals surface area contributed by atoms with E-state index in [1.165, 1.54) is 6.92 Å². The van der Waals surface area contributed by atoms with Crippen LogP contribution in [0.2, 0.25) is 0 Å². The van der Waals surface area contributed by atoms with Crippen LogP contribution in [0.25, 0.3) is 11.1 Å². The molecular weight excluding hydrogens is 302 g/mol. The van der Waals surface area contributed by atoms with Gasteiger partial charge in [0, 0.05) is 30.8 Å². The Morgan fingerprint density at radius 2 is 1.92 bits per heavy atom. The first-order chi connectivity index (χ1) is 11.5. The largest absolute Gasteiger partial charge is 0.352 e. The van der Waals surface area contributed by atoms with E-state index in [0.717, 1.165) is 17.5 Å². The number of hydrogen-bond donors (Lipinski definition) is 2. The van der Waals surface area contributed by atoms with E-state index < -0.39 is 0 Å². The quantitative estimate of drug-likeness (QED) is 0.854. The Labute approximate surface area is 142 Å². The molecule has 0 unspecified atom stereocenters. The normalized spacial score (nSPS) is 10.5. The Morgan fingerprint density at radius 1 is 1.12 bits per heavy atom. The van der Waals surface area contributed by atoms with Gasteiger partial charge < -0.3 is 10.6 Å². The molecule has 5 nitrogen and oxygen atoms in total. The van der Waals surface area contributed by atoms with Gasteiger partial charge in [0.1, 0.15) is 5.82 Å². The van der Waals surface area contributed by atoms with Crippen LogP contribution in [0, 0.1) is 5.92 Å². The highest BCUT2D eigenvalue weighted by atomic mass is 16.2. The third kappa shape index (κ3) is 5.19. The Morgan fingerprint density at radius 3 is 2.54 bits per heavy atom. The zero-order chi connectivity index (χ0) is 17.5. The third-order valence-corrected chi connectivity index (χ3v) is 3.53. The first kappa shape index (κ1) is 17.7. The van der Waals surface area contributed by atoms with E-state index in [9.17, 15) is 9.59 Å². The minimum Gasteiger partial charge on any atom is -0.352 e. The predicted molar refractivity (Wildman–Crippen MR) is 95.8 cm³/mol. The molecule has 0 aliphatic carbocycles. The summed E-state index contributed by atoms with van der Waals surface area (Å²) in [4.78, 5) is 27.4. The van der Waals surface area contributed by atoms with Crippen molar-refractivity contribution in [2.24, 2.45) is 5.92 Å². The van der Waals surface area contributed by atoms with Gasteiger partial charge in [-0.25, -0.2) is 4.98 Å². The highest BCUT2D eigenvalue weighted by molar-refractivity contribution is 5.95. The number of aromatic nitrogens is 1. The van der Waals surface area contributed by atoms with Gasteiger partial charge in [-0.2, -0.15) is 0 Å². The number of hydrogen-bond acceptors (Lipinski definition) is 3. The van der Waals surface area contributed by atoms with Crippen LogP contribution in [0.3, 0.4) is 0 Å². The average Bonchev–Trinajstić information content (AvgIpc) is 2.54. The number of anilines is 1. The number of amides is 2. The van der Waals surface area contributed by atoms with Gasteiger partial charge in [0.15, 0.2) is 0 Å². The maximum absolute atomic E-state index is 12.2. The summed E-state index contributed by atoms with van der Waals surface area (Å²) in [5.74, 6) is 0.842. The lowest BCUT2D eigenvalue weighted by Gasteiger charge is -2.09. The van der Waals surface area contributed by atoms with Gasteiger partial charge in [-0.15, -0.1) is 0 Å². The summed E-state index contributed by atoms with van der Waals surface area (Å²) in [6, 6.07) is 11.0. The van der Waals surface area contributed by atoms with Crippen LogP contribution in [-0.2, 0) is 4.79 Å². The summed E-state index contributed by atoms with van der Waals surface area (Å²) >= 11 is 0. The van der Waals surface area contributed by atoms with E-state index in [1.807, 2.05) is 24.3 Å². The van der Waals surface area contributed by atoms with E-state index in [2.05, 4.69) is 29.5 Å². The van der Waals surface area contributed by atoms with Gasteiger partial charge in [-0.3, -0.25) is 9.59 Å². The van der Waals surface area contributed by atoms with Crippen molar-refractivity contribution >= 4 is 17.6 Å². The Kier molecular flexibility index (Phi) is 6.07. The summed E-state index contributed by atoms with van der Waals surface area (Å²) in [7, 11) is 0. The van der Waals surface area contributed by atoms with Gasteiger partial charge >= 0.3 is 0 Å². The summed E-state index contributed by atoms with van der Waals surface area (Å²) in [5, 5.41) is 5.57. The minimum atomic E-state index is -0.157. The molecule has 1 heterocycles. The van der Waals surface area contributed by atoms with Crippen molar-refractivity contribution in [3.8, 4) is 11.1 Å². The van der Waals surface area contributed by atoms with Crippen molar-refractivity contribution in [3.63, 3.8) is 0 Å². The predicted octanol–water partition coefficient (Wildman–Crippen LogP) is 3.48. The Balaban J connectivity index is 2.09. The van der Waals surface area contributed by atoms with Crippen molar-refractivity contribution < 1.29 is 9.59 Å². The number of carbonyl (C=O) groups is 2. The molecule has 24 heavy (non-hydrogen) atoms. The fourth-order valence-corrected chi connectivity index (χ4v) is 2.24. The van der Waals surface area contributed by atoms with Crippen LogP contribution in [0.1, 0.15) is 37.6 Å². The Hall–Kier alpha value is -2.69. The van der Waals surface area contributed by atoms with Crippen LogP contribution in [0.15, 0.2) is 42.6 Å². The standard InChI is InChI=1S/C19H23N3O2/c1-13(2)9-10-20-19(24)16-6-4-5-15(11-16)17-7-8-18(21-12-17)22-14(3)23/h4-8,11-13H,9-10H2,1-3H3,(H,20,24)(H,21,22,23). The van der Waals surface area contributed by atoms with Gasteiger partial charge in [0.25, 0.3) is 5.91 Å². The number of rotatable bonds is 6. The lowest BCUT2D eigenvalue weighted by atomic mass is 10.0. The van der Waals surface area contributed by atoms with Crippen molar-refractivity contribution in [3.05, 3.63) is 48.2 Å². The van der Waals surface area contributed by atoms with Crippen LogP contribution in [0.5, 0.6) is 0 Å².